The van der Waals surface area contributed by atoms with Gasteiger partial charge in [-0.3, -0.25) is 4.79 Å². The smallest absolute Gasteiger partial charge is 0.259 e. The zero-order chi connectivity index (χ0) is 15.9. The number of thioether (sulfide) groups is 1. The topological polar surface area (TPSA) is 72.7 Å². The van der Waals surface area contributed by atoms with Gasteiger partial charge < -0.3 is 10.2 Å². The second-order valence-corrected chi connectivity index (χ2v) is 7.60. The number of pyridine rings is 1. The minimum absolute atomic E-state index is 0.114. The number of hydrogen-bond acceptors (Lipinski definition) is 5. The van der Waals surface area contributed by atoms with E-state index >= 15 is 0 Å². The van der Waals surface area contributed by atoms with Crippen molar-refractivity contribution >= 4 is 33.3 Å². The molecular weight excluding hydrogens is 318 g/mol. The number of nitrogens with one attached hydrogen (secondary N) is 1. The summed E-state index contributed by atoms with van der Waals surface area (Å²) in [5.74, 6) is 0.590. The molecule has 0 radical (unpaired) electrons. The molecule has 3 heterocycles. The van der Waals surface area contributed by atoms with Crippen molar-refractivity contribution in [3.63, 3.8) is 0 Å². The minimum atomic E-state index is -0.123. The number of fused-ring (bicyclic) bond motifs is 1. The molecule has 0 bridgehead atoms. The van der Waals surface area contributed by atoms with Gasteiger partial charge in [0.25, 0.3) is 10.6 Å². The lowest BCUT2D eigenvalue weighted by Gasteiger charge is -2.10. The molecule has 0 saturated carbocycles. The van der Waals surface area contributed by atoms with Crippen LogP contribution in [-0.4, -0.2) is 9.97 Å². The highest BCUT2D eigenvalue weighted by atomic mass is 32.2. The van der Waals surface area contributed by atoms with E-state index in [1.165, 1.54) is 29.3 Å². The number of nitrogens with zero attached hydrogens (tertiary/aromatic N) is 2. The molecule has 1 N–H and O–H groups in total. The molecular formula is C15H15N3O2S2. The van der Waals surface area contributed by atoms with Crippen molar-refractivity contribution in [2.45, 2.75) is 31.0 Å². The van der Waals surface area contributed by atoms with Crippen molar-refractivity contribution in [1.82, 2.24) is 9.97 Å². The maximum absolute atomic E-state index is 12.3. The zero-order valence-corrected chi connectivity index (χ0v) is 14.0. The fourth-order valence-corrected chi connectivity index (χ4v) is 4.15. The van der Waals surface area contributed by atoms with Crippen LogP contribution in [0.25, 0.3) is 10.2 Å². The molecule has 0 saturated heterocycles. The van der Waals surface area contributed by atoms with Gasteiger partial charge in [0.15, 0.2) is 6.20 Å². The van der Waals surface area contributed by atoms with Gasteiger partial charge >= 0.3 is 0 Å². The van der Waals surface area contributed by atoms with Crippen LogP contribution in [0.1, 0.15) is 28.4 Å². The Morgan fingerprint density at radius 1 is 1.41 bits per heavy atom. The van der Waals surface area contributed by atoms with E-state index in [9.17, 15) is 10.0 Å². The summed E-state index contributed by atoms with van der Waals surface area (Å²) in [5, 5.41) is 12.8. The van der Waals surface area contributed by atoms with Crippen molar-refractivity contribution < 1.29 is 4.73 Å². The highest BCUT2D eigenvalue weighted by Crippen LogP contribution is 2.32. The summed E-state index contributed by atoms with van der Waals surface area (Å²) < 4.78 is 0.817. The molecule has 1 unspecified atom stereocenters. The third kappa shape index (κ3) is 2.62. The first kappa shape index (κ1) is 15.1. The Bertz CT molecular complexity index is 901. The average Bonchev–Trinajstić information content (AvgIpc) is 2.76. The van der Waals surface area contributed by atoms with Crippen molar-refractivity contribution in [1.29, 1.82) is 0 Å². The van der Waals surface area contributed by atoms with Crippen LogP contribution in [0.3, 0.4) is 0 Å². The number of aromatic amines is 1. The van der Waals surface area contributed by atoms with Crippen LogP contribution in [-0.2, 0) is 0 Å². The summed E-state index contributed by atoms with van der Waals surface area (Å²) in [7, 11) is 0. The van der Waals surface area contributed by atoms with Crippen molar-refractivity contribution in [3.8, 4) is 0 Å². The quantitative estimate of drug-likeness (QED) is 0.454. The summed E-state index contributed by atoms with van der Waals surface area (Å²) in [5.41, 5.74) is 0.874. The third-order valence-corrected chi connectivity index (χ3v) is 5.76. The standard InChI is InChI=1S/C15H15N3O2S2/c1-8-9(2)22-15-12(8)14(19)16-13(17-15)10(3)21-11-6-4-5-7-18(11)20/h4-7,10H,1-3H3,(H,16,17,19). The van der Waals surface area contributed by atoms with E-state index in [2.05, 4.69) is 9.97 Å². The number of rotatable bonds is 3. The number of hydrogen-bond donors (Lipinski definition) is 1. The lowest BCUT2D eigenvalue weighted by molar-refractivity contribution is -0.645. The first-order chi connectivity index (χ1) is 10.5. The Labute approximate surface area is 135 Å². The number of aromatic nitrogens is 3. The van der Waals surface area contributed by atoms with Gasteiger partial charge in [0.1, 0.15) is 10.7 Å². The fourth-order valence-electron chi connectivity index (χ4n) is 2.20. The van der Waals surface area contributed by atoms with Crippen LogP contribution in [0.5, 0.6) is 0 Å². The zero-order valence-electron chi connectivity index (χ0n) is 12.4. The predicted octanol–water partition coefficient (Wildman–Crippen LogP) is 3.09. The first-order valence-corrected chi connectivity index (χ1v) is 8.51. The molecule has 22 heavy (non-hydrogen) atoms. The molecule has 7 heteroatoms. The molecule has 0 aliphatic carbocycles. The number of H-pyrrole nitrogens is 1. The van der Waals surface area contributed by atoms with Gasteiger partial charge in [0.2, 0.25) is 0 Å². The Hall–Kier alpha value is -1.86. The second-order valence-electron chi connectivity index (χ2n) is 5.04. The lowest BCUT2D eigenvalue weighted by atomic mass is 10.2. The Kier molecular flexibility index (Phi) is 3.92. The maximum Gasteiger partial charge on any atom is 0.259 e. The van der Waals surface area contributed by atoms with Crippen molar-refractivity contribution in [2.75, 3.05) is 0 Å². The Balaban J connectivity index is 2.00. The van der Waals surface area contributed by atoms with Crippen molar-refractivity contribution in [2.24, 2.45) is 0 Å². The van der Waals surface area contributed by atoms with E-state index in [-0.39, 0.29) is 10.8 Å². The largest absolute Gasteiger partial charge is 0.618 e. The number of aryl methyl sites for hydroxylation is 2. The molecule has 0 fully saturated rings. The summed E-state index contributed by atoms with van der Waals surface area (Å²) >= 11 is 2.90. The fraction of sp³-hybridized carbons (Fsp3) is 0.267. The highest BCUT2D eigenvalue weighted by molar-refractivity contribution is 7.99. The summed E-state index contributed by atoms with van der Waals surface area (Å²) in [6.07, 6.45) is 1.46. The van der Waals surface area contributed by atoms with Crippen LogP contribution in [0.4, 0.5) is 0 Å². The van der Waals surface area contributed by atoms with Gasteiger partial charge in [-0.25, -0.2) is 4.98 Å². The molecule has 0 amide bonds. The monoisotopic (exact) mass is 333 g/mol. The lowest BCUT2D eigenvalue weighted by Crippen LogP contribution is -2.28. The van der Waals surface area contributed by atoms with Gasteiger partial charge in [0, 0.05) is 17.0 Å². The minimum Gasteiger partial charge on any atom is -0.618 e. The van der Waals surface area contributed by atoms with Crippen LogP contribution >= 0.6 is 23.1 Å². The molecule has 5 nitrogen and oxygen atoms in total. The van der Waals surface area contributed by atoms with E-state index in [4.69, 9.17) is 0 Å². The molecule has 1 atom stereocenters. The summed E-state index contributed by atoms with van der Waals surface area (Å²) in [6, 6.07) is 5.25. The average molecular weight is 333 g/mol. The third-order valence-electron chi connectivity index (χ3n) is 3.53. The van der Waals surface area contributed by atoms with E-state index in [0.717, 1.165) is 20.0 Å². The van der Waals surface area contributed by atoms with Gasteiger partial charge in [-0.15, -0.1) is 11.3 Å². The van der Waals surface area contributed by atoms with Gasteiger partial charge in [-0.1, -0.05) is 0 Å². The SMILES string of the molecule is Cc1sc2nc(C(C)Sc3cccc[n+]3[O-])[nH]c(=O)c2c1C. The van der Waals surface area contributed by atoms with Gasteiger partial charge in [-0.2, -0.15) is 4.73 Å². The van der Waals surface area contributed by atoms with E-state index in [1.807, 2.05) is 26.8 Å². The molecule has 3 aromatic heterocycles. The molecule has 0 aliphatic rings. The molecule has 3 rings (SSSR count). The van der Waals surface area contributed by atoms with Crippen molar-refractivity contribution in [3.05, 3.63) is 56.2 Å². The second kappa shape index (κ2) is 5.73. The maximum atomic E-state index is 12.3. The normalized spacial score (nSPS) is 12.7. The van der Waals surface area contributed by atoms with E-state index < -0.39 is 0 Å². The van der Waals surface area contributed by atoms with Gasteiger partial charge in [0.05, 0.1) is 10.6 Å². The van der Waals surface area contributed by atoms with Crippen LogP contribution < -0.4 is 10.3 Å². The Morgan fingerprint density at radius 3 is 2.91 bits per heavy atom. The molecule has 0 spiro atoms. The predicted molar refractivity (Wildman–Crippen MR) is 89.4 cm³/mol. The molecule has 3 aromatic rings. The molecule has 0 aliphatic heterocycles. The first-order valence-electron chi connectivity index (χ1n) is 6.82. The summed E-state index contributed by atoms with van der Waals surface area (Å²) in [4.78, 5) is 21.6. The van der Waals surface area contributed by atoms with Crippen LogP contribution in [0, 0.1) is 19.1 Å². The van der Waals surface area contributed by atoms with Crippen LogP contribution in [0.2, 0.25) is 0 Å². The Morgan fingerprint density at radius 2 is 2.18 bits per heavy atom. The number of thiophene rings is 1. The highest BCUT2D eigenvalue weighted by Gasteiger charge is 2.18. The summed E-state index contributed by atoms with van der Waals surface area (Å²) in [6.45, 7) is 5.85. The molecule has 114 valence electrons. The van der Waals surface area contributed by atoms with E-state index in [0.29, 0.717) is 16.2 Å². The molecule has 0 aromatic carbocycles. The van der Waals surface area contributed by atoms with Gasteiger partial charge in [-0.05, 0) is 44.2 Å². The van der Waals surface area contributed by atoms with E-state index in [1.54, 1.807) is 12.1 Å². The van der Waals surface area contributed by atoms with Crippen LogP contribution in [0.15, 0.2) is 34.2 Å².